The zero-order valence-corrected chi connectivity index (χ0v) is 14.4. The summed E-state index contributed by atoms with van der Waals surface area (Å²) in [5.41, 5.74) is 3.07. The molecule has 1 aliphatic rings. The second-order valence-corrected chi connectivity index (χ2v) is 6.02. The zero-order valence-electron chi connectivity index (χ0n) is 13.5. The molecule has 3 rings (SSSR count). The maximum atomic E-state index is 12.9. The highest BCUT2D eigenvalue weighted by molar-refractivity contribution is 7.84. The standard InChI is InChI=1S/C19H16N4OS/c1-12-16(18(24)23-14-5-3-2-4-6-14)17(13-7-9-21-10-8-13)15(11-20)19(25)22-12/h2-10,17,22,25H,1H3,(H,23,24). The van der Waals surface area contributed by atoms with Crippen LogP contribution >= 0.6 is 12.6 Å². The Morgan fingerprint density at radius 1 is 1.24 bits per heavy atom. The Hall–Kier alpha value is -3.04. The third-order valence-corrected chi connectivity index (χ3v) is 4.33. The second kappa shape index (κ2) is 7.24. The van der Waals surface area contributed by atoms with E-state index in [1.165, 1.54) is 0 Å². The summed E-state index contributed by atoms with van der Waals surface area (Å²) < 4.78 is 0. The molecule has 2 heterocycles. The predicted octanol–water partition coefficient (Wildman–Crippen LogP) is 3.35. The van der Waals surface area contributed by atoms with Crippen LogP contribution in [-0.2, 0) is 4.79 Å². The van der Waals surface area contributed by atoms with Crippen molar-refractivity contribution in [3.05, 3.63) is 82.3 Å². The van der Waals surface area contributed by atoms with Crippen LogP contribution in [-0.4, -0.2) is 10.9 Å². The molecule has 0 spiro atoms. The Kier molecular flexibility index (Phi) is 4.87. The van der Waals surface area contributed by atoms with Crippen molar-refractivity contribution >= 4 is 24.2 Å². The third-order valence-electron chi connectivity index (χ3n) is 3.98. The van der Waals surface area contributed by atoms with Crippen LogP contribution in [0, 0.1) is 11.3 Å². The number of carbonyl (C=O) groups excluding carboxylic acids is 1. The molecule has 1 aromatic heterocycles. The maximum absolute atomic E-state index is 12.9. The highest BCUT2D eigenvalue weighted by Crippen LogP contribution is 2.38. The number of carbonyl (C=O) groups is 1. The molecule has 1 amide bonds. The van der Waals surface area contributed by atoms with Gasteiger partial charge in [-0.2, -0.15) is 5.26 Å². The number of hydrogen-bond acceptors (Lipinski definition) is 5. The number of para-hydroxylation sites is 1. The summed E-state index contributed by atoms with van der Waals surface area (Å²) >= 11 is 4.38. The summed E-state index contributed by atoms with van der Waals surface area (Å²) in [5, 5.41) is 16.0. The van der Waals surface area contributed by atoms with Gasteiger partial charge in [0.1, 0.15) is 0 Å². The van der Waals surface area contributed by atoms with E-state index in [0.29, 0.717) is 27.6 Å². The molecule has 2 N–H and O–H groups in total. The third kappa shape index (κ3) is 3.42. The molecule has 124 valence electrons. The highest BCUT2D eigenvalue weighted by atomic mass is 32.1. The molecule has 0 aliphatic carbocycles. The van der Waals surface area contributed by atoms with Crippen LogP contribution in [0.1, 0.15) is 18.4 Å². The number of nitriles is 1. The second-order valence-electron chi connectivity index (χ2n) is 5.57. The molecule has 1 unspecified atom stereocenters. The number of hydrogen-bond donors (Lipinski definition) is 3. The summed E-state index contributed by atoms with van der Waals surface area (Å²) in [6, 6.07) is 15.0. The topological polar surface area (TPSA) is 77.8 Å². The molecule has 1 aromatic carbocycles. The summed E-state index contributed by atoms with van der Waals surface area (Å²) in [4.78, 5) is 17.0. The van der Waals surface area contributed by atoms with Gasteiger partial charge in [0.15, 0.2) is 0 Å². The lowest BCUT2D eigenvalue weighted by Gasteiger charge is -2.28. The normalized spacial score (nSPS) is 16.9. The molecular formula is C19H16N4OS. The van der Waals surface area contributed by atoms with Gasteiger partial charge in [0.25, 0.3) is 5.91 Å². The fourth-order valence-electron chi connectivity index (χ4n) is 2.84. The molecular weight excluding hydrogens is 332 g/mol. The summed E-state index contributed by atoms with van der Waals surface area (Å²) in [5.74, 6) is -0.753. The first-order chi connectivity index (χ1) is 12.1. The number of rotatable bonds is 3. The Morgan fingerprint density at radius 2 is 1.92 bits per heavy atom. The lowest BCUT2D eigenvalue weighted by atomic mass is 9.82. The average Bonchev–Trinajstić information content (AvgIpc) is 2.62. The van der Waals surface area contributed by atoms with Gasteiger partial charge in [-0.15, -0.1) is 12.6 Å². The van der Waals surface area contributed by atoms with Crippen LogP contribution in [0.5, 0.6) is 0 Å². The molecule has 1 atom stereocenters. The van der Waals surface area contributed by atoms with Crippen LogP contribution in [0.4, 0.5) is 5.69 Å². The van der Waals surface area contributed by atoms with Crippen molar-refractivity contribution in [2.75, 3.05) is 5.32 Å². The molecule has 1 aliphatic heterocycles. The zero-order chi connectivity index (χ0) is 17.8. The molecule has 2 aromatic rings. The van der Waals surface area contributed by atoms with Gasteiger partial charge in [0.2, 0.25) is 0 Å². The first-order valence-electron chi connectivity index (χ1n) is 7.69. The van der Waals surface area contributed by atoms with Crippen LogP contribution < -0.4 is 10.6 Å². The quantitative estimate of drug-likeness (QED) is 0.744. The van der Waals surface area contributed by atoms with Crippen LogP contribution in [0.15, 0.2) is 76.7 Å². The Bertz CT molecular complexity index is 898. The lowest BCUT2D eigenvalue weighted by molar-refractivity contribution is -0.113. The van der Waals surface area contributed by atoms with Crippen molar-refractivity contribution in [3.8, 4) is 6.07 Å². The summed E-state index contributed by atoms with van der Waals surface area (Å²) in [7, 11) is 0. The van der Waals surface area contributed by atoms with Gasteiger partial charge in [0.05, 0.1) is 22.6 Å². The number of benzene rings is 1. The van der Waals surface area contributed by atoms with E-state index in [2.05, 4.69) is 34.3 Å². The van der Waals surface area contributed by atoms with Crippen LogP contribution in [0.25, 0.3) is 0 Å². The van der Waals surface area contributed by atoms with E-state index in [0.717, 1.165) is 5.56 Å². The number of pyridine rings is 1. The molecule has 6 heteroatoms. The average molecular weight is 348 g/mol. The van der Waals surface area contributed by atoms with Crippen LogP contribution in [0.3, 0.4) is 0 Å². The van der Waals surface area contributed by atoms with Gasteiger partial charge in [-0.3, -0.25) is 9.78 Å². The van der Waals surface area contributed by atoms with Crippen molar-refractivity contribution in [3.63, 3.8) is 0 Å². The smallest absolute Gasteiger partial charge is 0.254 e. The number of allylic oxidation sites excluding steroid dienone is 2. The minimum absolute atomic E-state index is 0.258. The van der Waals surface area contributed by atoms with Crippen molar-refractivity contribution < 1.29 is 4.79 Å². The van der Waals surface area contributed by atoms with Crippen molar-refractivity contribution in [2.24, 2.45) is 0 Å². The summed E-state index contributed by atoms with van der Waals surface area (Å²) in [6.07, 6.45) is 3.29. The fourth-order valence-corrected chi connectivity index (χ4v) is 3.18. The van der Waals surface area contributed by atoms with E-state index in [-0.39, 0.29) is 5.91 Å². The molecule has 0 saturated carbocycles. The Morgan fingerprint density at radius 3 is 2.56 bits per heavy atom. The van der Waals surface area contributed by atoms with Crippen LogP contribution in [0.2, 0.25) is 0 Å². The molecule has 0 saturated heterocycles. The predicted molar refractivity (Wildman–Crippen MR) is 99.5 cm³/mol. The number of anilines is 1. The Balaban J connectivity index is 2.04. The van der Waals surface area contributed by atoms with E-state index in [1.54, 1.807) is 31.5 Å². The first-order valence-corrected chi connectivity index (χ1v) is 8.14. The van der Waals surface area contributed by atoms with Gasteiger partial charge in [-0.05, 0) is 36.8 Å². The van der Waals surface area contributed by atoms with Gasteiger partial charge in [0, 0.05) is 29.4 Å². The van der Waals surface area contributed by atoms with E-state index in [1.807, 2.05) is 30.3 Å². The van der Waals surface area contributed by atoms with Crippen molar-refractivity contribution in [1.82, 2.24) is 10.3 Å². The van der Waals surface area contributed by atoms with Gasteiger partial charge >= 0.3 is 0 Å². The largest absolute Gasteiger partial charge is 0.353 e. The monoisotopic (exact) mass is 348 g/mol. The fraction of sp³-hybridized carbons (Fsp3) is 0.105. The molecule has 25 heavy (non-hydrogen) atoms. The van der Waals surface area contributed by atoms with Crippen molar-refractivity contribution in [2.45, 2.75) is 12.8 Å². The molecule has 0 radical (unpaired) electrons. The lowest BCUT2D eigenvalue weighted by Crippen LogP contribution is -2.30. The first kappa shape index (κ1) is 16.8. The number of nitrogens with one attached hydrogen (secondary N) is 2. The molecule has 0 fully saturated rings. The minimum atomic E-state index is -0.495. The van der Waals surface area contributed by atoms with E-state index in [4.69, 9.17) is 0 Å². The number of aromatic nitrogens is 1. The highest BCUT2D eigenvalue weighted by Gasteiger charge is 2.33. The SMILES string of the molecule is CC1=C(C(=O)Nc2ccccc2)C(c2ccncc2)C(C#N)=C(S)N1. The maximum Gasteiger partial charge on any atom is 0.254 e. The van der Waals surface area contributed by atoms with Gasteiger partial charge in [-0.25, -0.2) is 0 Å². The number of thiol groups is 1. The molecule has 5 nitrogen and oxygen atoms in total. The Labute approximate surface area is 151 Å². The van der Waals surface area contributed by atoms with E-state index < -0.39 is 5.92 Å². The minimum Gasteiger partial charge on any atom is -0.353 e. The number of dihydropyridines is 1. The van der Waals surface area contributed by atoms with Gasteiger partial charge in [-0.1, -0.05) is 18.2 Å². The van der Waals surface area contributed by atoms with E-state index in [9.17, 15) is 10.1 Å². The summed E-state index contributed by atoms with van der Waals surface area (Å²) in [6.45, 7) is 1.80. The number of amides is 1. The van der Waals surface area contributed by atoms with Gasteiger partial charge < -0.3 is 10.6 Å². The number of nitrogens with zero attached hydrogens (tertiary/aromatic N) is 2. The van der Waals surface area contributed by atoms with E-state index >= 15 is 0 Å². The van der Waals surface area contributed by atoms with Crippen molar-refractivity contribution in [1.29, 1.82) is 5.26 Å². The molecule has 0 bridgehead atoms.